The van der Waals surface area contributed by atoms with Gasteiger partial charge in [-0.05, 0) is 54.8 Å². The minimum Gasteiger partial charge on any atom is -0.489 e. The third-order valence-electron chi connectivity index (χ3n) is 8.05. The maximum Gasteiger partial charge on any atom is 0.251 e. The molecule has 1 N–H and O–H groups in total. The van der Waals surface area contributed by atoms with E-state index in [-0.39, 0.29) is 12.6 Å². The predicted molar refractivity (Wildman–Crippen MR) is 160 cm³/mol. The number of piperazine rings is 1. The van der Waals surface area contributed by atoms with E-state index >= 15 is 0 Å². The van der Waals surface area contributed by atoms with Crippen LogP contribution in [0.4, 0.5) is 14.5 Å². The van der Waals surface area contributed by atoms with E-state index < -0.39 is 17.3 Å². The maximum absolute atomic E-state index is 12.7. The topological polar surface area (TPSA) is 118 Å². The molecule has 0 bridgehead atoms. The quantitative estimate of drug-likeness (QED) is 0.290. The highest BCUT2D eigenvalue weighted by Gasteiger charge is 2.23. The summed E-state index contributed by atoms with van der Waals surface area (Å²) >= 11 is 0. The Balaban J connectivity index is 1.18. The van der Waals surface area contributed by atoms with Crippen LogP contribution >= 0.6 is 0 Å². The number of hydrogen-bond donors (Lipinski definition) is 2. The number of aromatic amines is 1. The summed E-state index contributed by atoms with van der Waals surface area (Å²) in [5.41, 5.74) is 5.37. The van der Waals surface area contributed by atoms with E-state index in [4.69, 9.17) is 4.74 Å². The molecule has 0 amide bonds. The molecule has 2 aliphatic rings. The second-order valence-corrected chi connectivity index (χ2v) is 11.8. The number of halogens is 2. The number of fused-ring (bicyclic) bond motifs is 1. The van der Waals surface area contributed by atoms with Crippen LogP contribution in [0.2, 0.25) is 0 Å². The SMILES string of the molecule is N#Cc1cc(-c2ncnc3[nH]c(-c4ccc(N5CCN(CC(F)F)CC5)cc4)cc23)ccc1OC1CCN([SH](=O)=O)CC1. The van der Waals surface area contributed by atoms with Gasteiger partial charge in [-0.2, -0.15) is 5.26 Å². The standard InChI is InChI=1S/C30H31F2N7O3S/c31-28(32)18-37-11-13-38(14-12-37)23-4-1-20(2-5-23)26-16-25-29(34-19-35-30(25)36-26)21-3-6-27(22(15-21)17-33)42-24-7-9-39(10-8-24)43(40)41/h1-6,15-16,19,24,28,43H,7-14,18H2,(H,34,35,36). The first-order valence-electron chi connectivity index (χ1n) is 14.2. The van der Waals surface area contributed by atoms with Gasteiger partial charge in [-0.1, -0.05) is 12.1 Å². The number of nitrogens with one attached hydrogen (secondary N) is 1. The molecule has 2 aromatic heterocycles. The Bertz CT molecular complexity index is 1700. The molecule has 0 unspecified atom stereocenters. The molecule has 0 radical (unpaired) electrons. The maximum atomic E-state index is 12.7. The number of rotatable bonds is 8. The Hall–Kier alpha value is -4.12. The van der Waals surface area contributed by atoms with Crippen LogP contribution < -0.4 is 9.64 Å². The van der Waals surface area contributed by atoms with Gasteiger partial charge in [0.2, 0.25) is 10.9 Å². The van der Waals surface area contributed by atoms with Crippen molar-refractivity contribution in [2.24, 2.45) is 0 Å². The van der Waals surface area contributed by atoms with Crippen LogP contribution in [-0.2, 0) is 10.9 Å². The fourth-order valence-corrected chi connectivity index (χ4v) is 6.29. The zero-order valence-electron chi connectivity index (χ0n) is 23.3. The molecule has 224 valence electrons. The molecule has 0 atom stereocenters. The lowest BCUT2D eigenvalue weighted by Crippen LogP contribution is -2.47. The molecule has 4 heterocycles. The average molecular weight is 608 g/mol. The largest absolute Gasteiger partial charge is 0.489 e. The first-order valence-corrected chi connectivity index (χ1v) is 15.3. The molecule has 43 heavy (non-hydrogen) atoms. The van der Waals surface area contributed by atoms with Crippen LogP contribution in [0.5, 0.6) is 5.75 Å². The number of aromatic nitrogens is 3. The van der Waals surface area contributed by atoms with Gasteiger partial charge in [0.05, 0.1) is 17.8 Å². The van der Waals surface area contributed by atoms with Crippen LogP contribution in [0.15, 0.2) is 54.9 Å². The second-order valence-electron chi connectivity index (χ2n) is 10.7. The van der Waals surface area contributed by atoms with Gasteiger partial charge in [-0.15, -0.1) is 0 Å². The van der Waals surface area contributed by atoms with Gasteiger partial charge in [0.1, 0.15) is 29.9 Å². The number of benzene rings is 2. The van der Waals surface area contributed by atoms with Crippen molar-refractivity contribution in [3.8, 4) is 34.3 Å². The highest BCUT2D eigenvalue weighted by atomic mass is 32.2. The summed E-state index contributed by atoms with van der Waals surface area (Å²) in [4.78, 5) is 16.3. The van der Waals surface area contributed by atoms with Crippen molar-refractivity contribution < 1.29 is 21.9 Å². The summed E-state index contributed by atoms with van der Waals surface area (Å²) in [6.45, 7) is 3.26. The molecule has 2 aliphatic heterocycles. The van der Waals surface area contributed by atoms with Crippen molar-refractivity contribution in [1.82, 2.24) is 24.2 Å². The minimum atomic E-state index is -2.58. The smallest absolute Gasteiger partial charge is 0.251 e. The Morgan fingerprint density at radius 3 is 2.37 bits per heavy atom. The molecule has 10 nitrogen and oxygen atoms in total. The lowest BCUT2D eigenvalue weighted by Gasteiger charge is -2.35. The van der Waals surface area contributed by atoms with Gasteiger partial charge >= 0.3 is 0 Å². The molecule has 0 aliphatic carbocycles. The number of anilines is 1. The number of piperidine rings is 1. The summed E-state index contributed by atoms with van der Waals surface area (Å²) in [5, 5.41) is 10.7. The minimum absolute atomic E-state index is 0.163. The summed E-state index contributed by atoms with van der Waals surface area (Å²) in [5.74, 6) is 0.465. The van der Waals surface area contributed by atoms with E-state index in [0.29, 0.717) is 74.8 Å². The second kappa shape index (κ2) is 12.6. The molecule has 4 aromatic rings. The fraction of sp³-hybridized carbons (Fsp3) is 0.367. The van der Waals surface area contributed by atoms with Crippen molar-refractivity contribution in [1.29, 1.82) is 5.26 Å². The number of thiol groups is 1. The zero-order valence-corrected chi connectivity index (χ0v) is 24.2. The van der Waals surface area contributed by atoms with E-state index in [1.807, 2.05) is 36.4 Å². The number of nitriles is 1. The molecular weight excluding hydrogens is 576 g/mol. The third kappa shape index (κ3) is 6.46. The van der Waals surface area contributed by atoms with E-state index in [2.05, 4.69) is 25.9 Å². The molecule has 13 heteroatoms. The van der Waals surface area contributed by atoms with E-state index in [1.165, 1.54) is 10.6 Å². The molecule has 0 spiro atoms. The number of hydrogen-bond acceptors (Lipinski definition) is 8. The highest BCUT2D eigenvalue weighted by molar-refractivity contribution is 7.69. The number of nitrogens with zero attached hydrogens (tertiary/aromatic N) is 6. The summed E-state index contributed by atoms with van der Waals surface area (Å²) in [6, 6.07) is 17.7. The Morgan fingerprint density at radius 2 is 1.70 bits per heavy atom. The lowest BCUT2D eigenvalue weighted by atomic mass is 10.0. The lowest BCUT2D eigenvalue weighted by molar-refractivity contribution is 0.0854. The van der Waals surface area contributed by atoms with Gasteiger partial charge < -0.3 is 14.6 Å². The van der Waals surface area contributed by atoms with Gasteiger partial charge in [-0.25, -0.2) is 31.5 Å². The molecule has 0 saturated carbocycles. The Labute approximate surface area is 249 Å². The van der Waals surface area contributed by atoms with Crippen molar-refractivity contribution in [2.45, 2.75) is 25.4 Å². The zero-order chi connectivity index (χ0) is 29.9. The van der Waals surface area contributed by atoms with Crippen molar-refractivity contribution >= 4 is 27.6 Å². The van der Waals surface area contributed by atoms with Crippen LogP contribution in [0.1, 0.15) is 18.4 Å². The summed E-state index contributed by atoms with van der Waals surface area (Å²) in [7, 11) is -2.58. The monoisotopic (exact) mass is 607 g/mol. The summed E-state index contributed by atoms with van der Waals surface area (Å²) < 4.78 is 55.3. The first-order chi connectivity index (χ1) is 20.9. The molecule has 2 fully saturated rings. The predicted octanol–water partition coefficient (Wildman–Crippen LogP) is 3.92. The van der Waals surface area contributed by atoms with E-state index in [0.717, 1.165) is 27.9 Å². The van der Waals surface area contributed by atoms with Crippen LogP contribution in [0.25, 0.3) is 33.5 Å². The molecule has 2 aromatic carbocycles. The van der Waals surface area contributed by atoms with E-state index in [9.17, 15) is 22.5 Å². The van der Waals surface area contributed by atoms with Gasteiger partial charge in [0.25, 0.3) is 6.43 Å². The van der Waals surface area contributed by atoms with E-state index in [1.54, 1.807) is 17.0 Å². The molecule has 2 saturated heterocycles. The normalized spacial score (nSPS) is 17.1. The van der Waals surface area contributed by atoms with Crippen molar-refractivity contribution in [3.63, 3.8) is 0 Å². The average Bonchev–Trinajstić information content (AvgIpc) is 3.46. The highest BCUT2D eigenvalue weighted by Crippen LogP contribution is 2.33. The molecular formula is C30H31F2N7O3S. The Morgan fingerprint density at radius 1 is 0.977 bits per heavy atom. The fourth-order valence-electron chi connectivity index (χ4n) is 5.73. The van der Waals surface area contributed by atoms with Crippen molar-refractivity contribution in [2.75, 3.05) is 50.7 Å². The van der Waals surface area contributed by atoms with Crippen LogP contribution in [0, 0.1) is 11.3 Å². The van der Waals surface area contributed by atoms with Crippen LogP contribution in [0.3, 0.4) is 0 Å². The van der Waals surface area contributed by atoms with Crippen LogP contribution in [-0.4, -0.2) is 90.9 Å². The molecule has 6 rings (SSSR count). The number of ether oxygens (including phenoxy) is 1. The van der Waals surface area contributed by atoms with Gasteiger partial charge in [0, 0.05) is 61.6 Å². The first kappa shape index (κ1) is 29.0. The number of H-pyrrole nitrogens is 1. The summed E-state index contributed by atoms with van der Waals surface area (Å²) in [6.07, 6.45) is 0.139. The third-order valence-corrected chi connectivity index (χ3v) is 8.92. The van der Waals surface area contributed by atoms with Gasteiger partial charge in [-0.3, -0.25) is 4.90 Å². The van der Waals surface area contributed by atoms with Crippen molar-refractivity contribution in [3.05, 3.63) is 60.4 Å². The van der Waals surface area contributed by atoms with Gasteiger partial charge in [0.15, 0.2) is 0 Å². The Kier molecular flexibility index (Phi) is 8.51. The number of alkyl halides is 2.